The van der Waals surface area contributed by atoms with Crippen molar-refractivity contribution in [1.29, 1.82) is 0 Å². The number of hydrogen-bond donors (Lipinski definition) is 1. The third-order valence-corrected chi connectivity index (χ3v) is 3.33. The number of amides is 1. The number of carbonyl (C=O) groups is 1. The second-order valence-corrected chi connectivity index (χ2v) is 5.26. The number of halogens is 3. The molecule has 2 rings (SSSR count). The highest BCUT2D eigenvalue weighted by Crippen LogP contribution is 2.22. The topological polar surface area (TPSA) is 69.0 Å². The highest BCUT2D eigenvalue weighted by Gasteiger charge is 2.20. The van der Waals surface area contributed by atoms with Crippen LogP contribution in [-0.4, -0.2) is 27.5 Å². The molecule has 0 aliphatic heterocycles. The van der Waals surface area contributed by atoms with Crippen molar-refractivity contribution in [3.8, 4) is 5.75 Å². The van der Waals surface area contributed by atoms with Crippen molar-refractivity contribution in [2.75, 3.05) is 6.61 Å². The lowest BCUT2D eigenvalue weighted by Gasteiger charge is -2.09. The van der Waals surface area contributed by atoms with E-state index in [1.807, 2.05) is 0 Å². The number of rotatable bonds is 6. The Labute approximate surface area is 136 Å². The van der Waals surface area contributed by atoms with Gasteiger partial charge in [-0.15, -0.1) is 5.10 Å². The highest BCUT2D eigenvalue weighted by molar-refractivity contribution is 6.30. The van der Waals surface area contributed by atoms with Gasteiger partial charge in [0.25, 0.3) is 12.3 Å². The van der Waals surface area contributed by atoms with Crippen LogP contribution in [0, 0.1) is 6.92 Å². The Balaban J connectivity index is 1.88. The van der Waals surface area contributed by atoms with Gasteiger partial charge in [-0.2, -0.15) is 0 Å². The second kappa shape index (κ2) is 7.36. The van der Waals surface area contributed by atoms with Crippen LogP contribution in [0.4, 0.5) is 8.78 Å². The first-order chi connectivity index (χ1) is 10.9. The smallest absolute Gasteiger partial charge is 0.281 e. The molecule has 0 aliphatic rings. The van der Waals surface area contributed by atoms with Crippen LogP contribution in [0.1, 0.15) is 23.4 Å². The molecule has 1 aromatic carbocycles. The summed E-state index contributed by atoms with van der Waals surface area (Å²) in [6.07, 6.45) is -2.71. The van der Waals surface area contributed by atoms with Crippen LogP contribution in [0.15, 0.2) is 18.2 Å². The number of nitrogens with zero attached hydrogens (tertiary/aromatic N) is 3. The number of aromatic nitrogens is 3. The fraction of sp³-hybridized carbons (Fsp3) is 0.357. The summed E-state index contributed by atoms with van der Waals surface area (Å²) in [4.78, 5) is 11.8. The van der Waals surface area contributed by atoms with E-state index in [0.717, 1.165) is 10.2 Å². The number of aryl methyl sites for hydroxylation is 2. The van der Waals surface area contributed by atoms with Crippen molar-refractivity contribution in [3.63, 3.8) is 0 Å². The molecule has 1 heterocycles. The van der Waals surface area contributed by atoms with Gasteiger partial charge in [0.15, 0.2) is 6.61 Å². The lowest BCUT2D eigenvalue weighted by molar-refractivity contribution is -0.123. The van der Waals surface area contributed by atoms with Crippen molar-refractivity contribution in [3.05, 3.63) is 40.2 Å². The van der Waals surface area contributed by atoms with Gasteiger partial charge in [-0.1, -0.05) is 16.8 Å². The fourth-order valence-corrected chi connectivity index (χ4v) is 2.18. The first-order valence-electron chi connectivity index (χ1n) is 6.70. The van der Waals surface area contributed by atoms with Crippen LogP contribution >= 0.6 is 11.6 Å². The van der Waals surface area contributed by atoms with E-state index in [1.165, 1.54) is 7.05 Å². The summed E-state index contributed by atoms with van der Waals surface area (Å²) >= 11 is 5.83. The van der Waals surface area contributed by atoms with Gasteiger partial charge < -0.3 is 10.1 Å². The van der Waals surface area contributed by atoms with Gasteiger partial charge in [0.05, 0.1) is 6.54 Å². The molecular weight excluding hydrogens is 330 g/mol. The molecule has 0 unspecified atom stereocenters. The summed E-state index contributed by atoms with van der Waals surface area (Å²) in [5.41, 5.74) is 0.498. The van der Waals surface area contributed by atoms with Gasteiger partial charge in [-0.3, -0.25) is 4.79 Å². The standard InChI is InChI=1S/C14H15ClF2N4O2/c1-8-5-9(15)3-4-11(8)23-7-12(22)18-6-10-13(14(16)17)21(2)20-19-10/h3-5,14H,6-7H2,1-2H3,(H,18,22). The van der Waals surface area contributed by atoms with E-state index in [1.54, 1.807) is 25.1 Å². The van der Waals surface area contributed by atoms with E-state index in [2.05, 4.69) is 15.6 Å². The number of benzene rings is 1. The summed E-state index contributed by atoms with van der Waals surface area (Å²) in [5.74, 6) is 0.0718. The number of alkyl halides is 2. The number of carbonyl (C=O) groups excluding carboxylic acids is 1. The van der Waals surface area contributed by atoms with Gasteiger partial charge in [-0.05, 0) is 30.7 Å². The molecule has 0 radical (unpaired) electrons. The molecule has 0 fully saturated rings. The highest BCUT2D eigenvalue weighted by atomic mass is 35.5. The van der Waals surface area contributed by atoms with Crippen molar-refractivity contribution in [2.45, 2.75) is 19.9 Å². The molecule has 1 amide bonds. The van der Waals surface area contributed by atoms with Gasteiger partial charge in [0.1, 0.15) is 17.1 Å². The summed E-state index contributed by atoms with van der Waals surface area (Å²) in [7, 11) is 1.37. The normalized spacial score (nSPS) is 10.9. The van der Waals surface area contributed by atoms with Crippen molar-refractivity contribution < 1.29 is 18.3 Å². The number of nitrogens with one attached hydrogen (secondary N) is 1. The zero-order valence-corrected chi connectivity index (χ0v) is 13.3. The molecule has 1 aromatic heterocycles. The number of ether oxygens (including phenoxy) is 1. The number of hydrogen-bond acceptors (Lipinski definition) is 4. The van der Waals surface area contributed by atoms with Crippen LogP contribution < -0.4 is 10.1 Å². The molecule has 0 bridgehead atoms. The fourth-order valence-electron chi connectivity index (χ4n) is 1.95. The summed E-state index contributed by atoms with van der Waals surface area (Å²) in [6.45, 7) is 1.41. The molecular formula is C14H15ClF2N4O2. The lowest BCUT2D eigenvalue weighted by Crippen LogP contribution is -2.29. The molecule has 0 saturated carbocycles. The van der Waals surface area contributed by atoms with E-state index in [9.17, 15) is 13.6 Å². The van der Waals surface area contributed by atoms with E-state index >= 15 is 0 Å². The average Bonchev–Trinajstić information content (AvgIpc) is 2.85. The van der Waals surface area contributed by atoms with Crippen LogP contribution in [0.25, 0.3) is 0 Å². The zero-order valence-electron chi connectivity index (χ0n) is 12.5. The summed E-state index contributed by atoms with van der Waals surface area (Å²) in [5, 5.41) is 10.2. The Morgan fingerprint density at radius 1 is 1.48 bits per heavy atom. The maximum absolute atomic E-state index is 12.8. The first kappa shape index (κ1) is 17.1. The molecule has 0 atom stereocenters. The van der Waals surface area contributed by atoms with Gasteiger partial charge in [-0.25, -0.2) is 13.5 Å². The van der Waals surface area contributed by atoms with Crippen LogP contribution in [-0.2, 0) is 18.4 Å². The van der Waals surface area contributed by atoms with Crippen LogP contribution in [0.3, 0.4) is 0 Å². The molecule has 23 heavy (non-hydrogen) atoms. The monoisotopic (exact) mass is 344 g/mol. The van der Waals surface area contributed by atoms with Crippen molar-refractivity contribution >= 4 is 17.5 Å². The quantitative estimate of drug-likeness (QED) is 0.873. The molecule has 0 aliphatic carbocycles. The lowest BCUT2D eigenvalue weighted by atomic mass is 10.2. The minimum atomic E-state index is -2.71. The molecule has 1 N–H and O–H groups in total. The Hall–Kier alpha value is -2.22. The Bertz CT molecular complexity index is 706. The zero-order chi connectivity index (χ0) is 17.0. The molecule has 0 spiro atoms. The Kier molecular flexibility index (Phi) is 5.49. The minimum Gasteiger partial charge on any atom is -0.484 e. The molecule has 9 heteroatoms. The largest absolute Gasteiger partial charge is 0.484 e. The summed E-state index contributed by atoms with van der Waals surface area (Å²) < 4.78 is 32.0. The minimum absolute atomic E-state index is 0.0264. The Morgan fingerprint density at radius 3 is 2.87 bits per heavy atom. The van der Waals surface area contributed by atoms with Gasteiger partial charge in [0, 0.05) is 12.1 Å². The van der Waals surface area contributed by atoms with Crippen molar-refractivity contribution in [1.82, 2.24) is 20.3 Å². The predicted octanol–water partition coefficient (Wildman–Crippen LogP) is 2.41. The van der Waals surface area contributed by atoms with E-state index in [-0.39, 0.29) is 24.5 Å². The van der Waals surface area contributed by atoms with Crippen LogP contribution in [0.5, 0.6) is 5.75 Å². The molecule has 2 aromatic rings. The van der Waals surface area contributed by atoms with Gasteiger partial charge in [0.2, 0.25) is 0 Å². The third-order valence-electron chi connectivity index (χ3n) is 3.10. The molecule has 0 saturated heterocycles. The van der Waals surface area contributed by atoms with E-state index < -0.39 is 12.3 Å². The average molecular weight is 345 g/mol. The summed E-state index contributed by atoms with van der Waals surface area (Å²) in [6, 6.07) is 5.02. The third kappa shape index (κ3) is 4.38. The SMILES string of the molecule is Cc1cc(Cl)ccc1OCC(=O)NCc1nnn(C)c1C(F)F. The Morgan fingerprint density at radius 2 is 2.22 bits per heavy atom. The van der Waals surface area contributed by atoms with Crippen molar-refractivity contribution in [2.24, 2.45) is 7.05 Å². The molecule has 6 nitrogen and oxygen atoms in total. The first-order valence-corrected chi connectivity index (χ1v) is 7.08. The van der Waals surface area contributed by atoms with E-state index in [4.69, 9.17) is 16.3 Å². The second-order valence-electron chi connectivity index (χ2n) is 4.82. The maximum atomic E-state index is 12.8. The molecule has 124 valence electrons. The predicted molar refractivity (Wildman–Crippen MR) is 79.5 cm³/mol. The van der Waals surface area contributed by atoms with Gasteiger partial charge >= 0.3 is 0 Å². The van der Waals surface area contributed by atoms with Crippen LogP contribution in [0.2, 0.25) is 5.02 Å². The van der Waals surface area contributed by atoms with E-state index in [0.29, 0.717) is 10.8 Å². The maximum Gasteiger partial charge on any atom is 0.281 e.